The van der Waals surface area contributed by atoms with Gasteiger partial charge in [-0.25, -0.2) is 4.79 Å². The van der Waals surface area contributed by atoms with E-state index in [-0.39, 0.29) is 5.00 Å². The van der Waals surface area contributed by atoms with E-state index in [9.17, 15) is 9.70 Å². The van der Waals surface area contributed by atoms with Gasteiger partial charge in [0.2, 0.25) is 0 Å². The van der Waals surface area contributed by atoms with Crippen LogP contribution >= 0.6 is 27.3 Å². The van der Waals surface area contributed by atoms with Gasteiger partial charge in [0.1, 0.15) is 4.88 Å². The molecule has 1 aromatic heterocycles. The van der Waals surface area contributed by atoms with E-state index in [2.05, 4.69) is 25.8 Å². The Morgan fingerprint density at radius 3 is 2.83 bits per heavy atom. The van der Waals surface area contributed by atoms with Gasteiger partial charge in [-0.2, -0.15) is 0 Å². The first-order valence-electron chi connectivity index (χ1n) is 2.90. The van der Waals surface area contributed by atoms with Crippen molar-refractivity contribution in [2.24, 2.45) is 5.18 Å². The minimum absolute atomic E-state index is 0.246. The molecule has 64 valence electrons. The molecule has 6 heteroatoms. The smallest absolute Gasteiger partial charge is 0.348 e. The van der Waals surface area contributed by atoms with Crippen LogP contribution in [0.5, 0.6) is 0 Å². The number of carbonyl (C=O) groups is 1. The van der Waals surface area contributed by atoms with Gasteiger partial charge < -0.3 is 4.74 Å². The lowest BCUT2D eigenvalue weighted by Crippen LogP contribution is -1.96. The van der Waals surface area contributed by atoms with Crippen molar-refractivity contribution < 1.29 is 9.53 Å². The molecule has 0 unspecified atom stereocenters. The second kappa shape index (κ2) is 3.77. The lowest BCUT2D eigenvalue weighted by Gasteiger charge is -1.90. The predicted molar refractivity (Wildman–Crippen MR) is 48.8 cm³/mol. The Morgan fingerprint density at radius 2 is 2.42 bits per heavy atom. The minimum Gasteiger partial charge on any atom is -0.465 e. The second-order valence-corrected chi connectivity index (χ2v) is 3.73. The number of methoxy groups -OCH3 is 1. The number of rotatable bonds is 2. The molecule has 0 spiro atoms. The lowest BCUT2D eigenvalue weighted by atomic mass is 10.5. The molecule has 0 saturated heterocycles. The van der Waals surface area contributed by atoms with Crippen LogP contribution in [0.1, 0.15) is 9.67 Å². The maximum absolute atomic E-state index is 10.9. The van der Waals surface area contributed by atoms with Gasteiger partial charge in [-0.1, -0.05) is 0 Å². The number of esters is 1. The Morgan fingerprint density at radius 1 is 1.75 bits per heavy atom. The number of hydrogen-bond acceptors (Lipinski definition) is 5. The van der Waals surface area contributed by atoms with Crippen molar-refractivity contribution in [2.75, 3.05) is 7.11 Å². The summed E-state index contributed by atoms with van der Waals surface area (Å²) in [7, 11) is 1.28. The third-order valence-corrected chi connectivity index (χ3v) is 3.00. The number of thiophene rings is 1. The standard InChI is InChI=1S/C6H4BrNO3S/c1-11-6(9)4-2-3(7)5(8-10)12-4/h2H,1H3. The van der Waals surface area contributed by atoms with Crippen molar-refractivity contribution in [3.8, 4) is 0 Å². The zero-order chi connectivity index (χ0) is 9.14. The summed E-state index contributed by atoms with van der Waals surface area (Å²) in [5.41, 5.74) is 0. The maximum Gasteiger partial charge on any atom is 0.348 e. The van der Waals surface area contributed by atoms with E-state index in [1.54, 1.807) is 0 Å². The Labute approximate surface area is 80.6 Å². The van der Waals surface area contributed by atoms with E-state index < -0.39 is 5.97 Å². The molecule has 0 aliphatic heterocycles. The van der Waals surface area contributed by atoms with Crippen molar-refractivity contribution in [3.05, 3.63) is 20.3 Å². The fraction of sp³-hybridized carbons (Fsp3) is 0.167. The lowest BCUT2D eigenvalue weighted by molar-refractivity contribution is 0.0606. The van der Waals surface area contributed by atoms with E-state index in [0.717, 1.165) is 11.3 Å². The molecule has 0 aromatic carbocycles. The molecule has 12 heavy (non-hydrogen) atoms. The first-order chi connectivity index (χ1) is 5.69. The van der Waals surface area contributed by atoms with Crippen molar-refractivity contribution in [1.29, 1.82) is 0 Å². The van der Waals surface area contributed by atoms with E-state index in [4.69, 9.17) is 0 Å². The number of carbonyl (C=O) groups excluding carboxylic acids is 1. The largest absolute Gasteiger partial charge is 0.465 e. The molecule has 0 N–H and O–H groups in total. The van der Waals surface area contributed by atoms with Crippen LogP contribution in [-0.2, 0) is 4.74 Å². The molecule has 0 fully saturated rings. The highest BCUT2D eigenvalue weighted by molar-refractivity contribution is 9.10. The molecule has 1 aromatic rings. The zero-order valence-corrected chi connectivity index (χ0v) is 8.44. The van der Waals surface area contributed by atoms with Crippen LogP contribution < -0.4 is 0 Å². The SMILES string of the molecule is COC(=O)c1cc(Br)c(N=O)s1. The highest BCUT2D eigenvalue weighted by Crippen LogP contribution is 2.35. The molecule has 0 saturated carbocycles. The zero-order valence-electron chi connectivity index (χ0n) is 6.04. The molecule has 0 radical (unpaired) electrons. The molecule has 1 heterocycles. The second-order valence-electron chi connectivity index (χ2n) is 1.85. The predicted octanol–water partition coefficient (Wildman–Crippen LogP) is 2.70. The number of hydrogen-bond donors (Lipinski definition) is 0. The quantitative estimate of drug-likeness (QED) is 0.598. The molecule has 1 rings (SSSR count). The summed E-state index contributed by atoms with van der Waals surface area (Å²) in [6.07, 6.45) is 0. The van der Waals surface area contributed by atoms with Gasteiger partial charge in [0, 0.05) is 0 Å². The van der Waals surface area contributed by atoms with Crippen LogP contribution in [0.2, 0.25) is 0 Å². The molecule has 0 bridgehead atoms. The van der Waals surface area contributed by atoms with E-state index in [1.165, 1.54) is 13.2 Å². The van der Waals surface area contributed by atoms with Gasteiger partial charge in [0.25, 0.3) is 0 Å². The van der Waals surface area contributed by atoms with Crippen LogP contribution in [0.15, 0.2) is 15.7 Å². The van der Waals surface area contributed by atoms with Crippen molar-refractivity contribution >= 4 is 38.2 Å². The summed E-state index contributed by atoms with van der Waals surface area (Å²) in [6, 6.07) is 1.51. The highest BCUT2D eigenvalue weighted by Gasteiger charge is 2.13. The average Bonchev–Trinajstić information content (AvgIpc) is 2.45. The van der Waals surface area contributed by atoms with Crippen LogP contribution in [0.3, 0.4) is 0 Å². The van der Waals surface area contributed by atoms with Gasteiger partial charge in [0.05, 0.1) is 11.6 Å². The normalized spacial score (nSPS) is 9.50. The summed E-state index contributed by atoms with van der Waals surface area (Å²) in [4.78, 5) is 21.4. The van der Waals surface area contributed by atoms with Crippen LogP contribution in [0, 0.1) is 4.91 Å². The molecular formula is C6H4BrNO3S. The van der Waals surface area contributed by atoms with Gasteiger partial charge in [-0.05, 0) is 27.2 Å². The van der Waals surface area contributed by atoms with Crippen LogP contribution in [0.4, 0.5) is 5.00 Å². The molecule has 4 nitrogen and oxygen atoms in total. The van der Waals surface area contributed by atoms with Gasteiger partial charge in [0.15, 0.2) is 5.00 Å². The van der Waals surface area contributed by atoms with Gasteiger partial charge in [-0.3, -0.25) is 0 Å². The fourth-order valence-corrected chi connectivity index (χ4v) is 2.06. The minimum atomic E-state index is -0.462. The Hall–Kier alpha value is -0.750. The van der Waals surface area contributed by atoms with Crippen molar-refractivity contribution in [3.63, 3.8) is 0 Å². The van der Waals surface area contributed by atoms with Gasteiger partial charge >= 0.3 is 5.97 Å². The third-order valence-electron chi connectivity index (χ3n) is 1.14. The van der Waals surface area contributed by atoms with Crippen LogP contribution in [-0.4, -0.2) is 13.1 Å². The number of nitroso groups, excluding NO2 is 1. The summed E-state index contributed by atoms with van der Waals surface area (Å²) in [5.74, 6) is -0.462. The summed E-state index contributed by atoms with van der Waals surface area (Å²) in [5, 5.41) is 2.97. The first-order valence-corrected chi connectivity index (χ1v) is 4.51. The third kappa shape index (κ3) is 1.70. The molecule has 0 aliphatic rings. The fourth-order valence-electron chi connectivity index (χ4n) is 0.623. The molecule has 0 atom stereocenters. The maximum atomic E-state index is 10.9. The Balaban J connectivity index is 3.04. The van der Waals surface area contributed by atoms with Crippen molar-refractivity contribution in [2.45, 2.75) is 0 Å². The molecular weight excluding hydrogens is 246 g/mol. The highest BCUT2D eigenvalue weighted by atomic mass is 79.9. The van der Waals surface area contributed by atoms with E-state index in [1.807, 2.05) is 0 Å². The summed E-state index contributed by atoms with van der Waals surface area (Å²) >= 11 is 4.08. The summed E-state index contributed by atoms with van der Waals surface area (Å²) < 4.78 is 4.97. The molecule has 0 aliphatic carbocycles. The number of ether oxygens (including phenoxy) is 1. The van der Waals surface area contributed by atoms with E-state index >= 15 is 0 Å². The Kier molecular flexibility index (Phi) is 2.93. The number of nitrogens with zero attached hydrogens (tertiary/aromatic N) is 1. The monoisotopic (exact) mass is 249 g/mol. The van der Waals surface area contributed by atoms with Crippen molar-refractivity contribution in [1.82, 2.24) is 0 Å². The topological polar surface area (TPSA) is 55.7 Å². The summed E-state index contributed by atoms with van der Waals surface area (Å²) in [6.45, 7) is 0. The molecule has 0 amide bonds. The van der Waals surface area contributed by atoms with Gasteiger partial charge in [-0.15, -0.1) is 16.2 Å². The number of halogens is 1. The van der Waals surface area contributed by atoms with Crippen LogP contribution in [0.25, 0.3) is 0 Å². The average molecular weight is 250 g/mol. The Bertz CT molecular complexity index is 323. The first kappa shape index (κ1) is 9.34. The van der Waals surface area contributed by atoms with E-state index in [0.29, 0.717) is 9.35 Å².